The molecule has 0 spiro atoms. The zero-order valence-electron chi connectivity index (χ0n) is 11.1. The Morgan fingerprint density at radius 3 is 2.32 bits per heavy atom. The van der Waals surface area contributed by atoms with Crippen LogP contribution in [0.4, 0.5) is 0 Å². The fourth-order valence-electron chi connectivity index (χ4n) is 2.28. The Morgan fingerprint density at radius 2 is 1.84 bits per heavy atom. The van der Waals surface area contributed by atoms with Crippen molar-refractivity contribution in [1.82, 2.24) is 0 Å². The Hall–Kier alpha value is -1.56. The highest BCUT2D eigenvalue weighted by molar-refractivity contribution is 7.11. The Balaban J connectivity index is 2.67. The van der Waals surface area contributed by atoms with E-state index in [0.29, 0.717) is 10.6 Å². The van der Waals surface area contributed by atoms with Crippen molar-refractivity contribution in [2.45, 2.75) is 20.8 Å². The molecule has 0 radical (unpaired) electrons. The van der Waals surface area contributed by atoms with Gasteiger partial charge in [0.05, 0.1) is 10.6 Å². The first-order chi connectivity index (χ1) is 9.04. The molecule has 1 aromatic carbocycles. The number of benzene rings is 1. The van der Waals surface area contributed by atoms with Crippen LogP contribution in [-0.4, -0.2) is 0 Å². The van der Waals surface area contributed by atoms with Gasteiger partial charge in [0, 0.05) is 10.4 Å². The van der Waals surface area contributed by atoms with E-state index in [-0.39, 0.29) is 0 Å². The van der Waals surface area contributed by atoms with Crippen molar-refractivity contribution in [3.8, 4) is 6.07 Å². The Kier molecular flexibility index (Phi) is 4.09. The fraction of sp³-hybridized carbons (Fsp3) is 0.188. The van der Waals surface area contributed by atoms with Crippen LogP contribution in [0.5, 0.6) is 0 Å². The molecule has 1 heterocycles. The summed E-state index contributed by atoms with van der Waals surface area (Å²) in [7, 11) is 0. The van der Waals surface area contributed by atoms with Gasteiger partial charge in [-0.3, -0.25) is 0 Å². The predicted octanol–water partition coefficient (Wildman–Crippen LogP) is 5.30. The Labute approximate surface area is 122 Å². The average Bonchev–Trinajstić information content (AvgIpc) is 2.82. The Morgan fingerprint density at radius 1 is 1.21 bits per heavy atom. The van der Waals surface area contributed by atoms with Crippen molar-refractivity contribution in [3.05, 3.63) is 56.8 Å². The molecule has 1 aromatic heterocycles. The SMILES string of the molecule is Cc1cc(C)c(/C(Cl)=C(\C#N)c2cccs2)c(C)c1. The topological polar surface area (TPSA) is 23.8 Å². The van der Waals surface area contributed by atoms with Crippen LogP contribution in [0.1, 0.15) is 27.1 Å². The number of nitriles is 1. The molecule has 0 atom stereocenters. The van der Waals surface area contributed by atoms with Crippen LogP contribution in [0.2, 0.25) is 0 Å². The summed E-state index contributed by atoms with van der Waals surface area (Å²) in [5, 5.41) is 11.9. The summed E-state index contributed by atoms with van der Waals surface area (Å²) in [6.45, 7) is 6.12. The van der Waals surface area contributed by atoms with E-state index in [1.54, 1.807) is 0 Å². The molecule has 0 aliphatic carbocycles. The molecule has 2 rings (SSSR count). The summed E-state index contributed by atoms with van der Waals surface area (Å²) in [4.78, 5) is 0.909. The minimum atomic E-state index is 0.542. The lowest BCUT2D eigenvalue weighted by molar-refractivity contribution is 1.30. The normalized spacial score (nSPS) is 11.9. The van der Waals surface area contributed by atoms with Gasteiger partial charge in [-0.05, 0) is 43.3 Å². The molecule has 0 amide bonds. The van der Waals surface area contributed by atoms with Gasteiger partial charge in [0.2, 0.25) is 0 Å². The van der Waals surface area contributed by atoms with Crippen molar-refractivity contribution in [2.24, 2.45) is 0 Å². The van der Waals surface area contributed by atoms with Crippen molar-refractivity contribution in [3.63, 3.8) is 0 Å². The largest absolute Gasteiger partial charge is 0.192 e. The van der Waals surface area contributed by atoms with Gasteiger partial charge >= 0.3 is 0 Å². The second-order valence-electron chi connectivity index (χ2n) is 4.55. The van der Waals surface area contributed by atoms with Gasteiger partial charge in [-0.15, -0.1) is 11.3 Å². The van der Waals surface area contributed by atoms with Crippen molar-refractivity contribution < 1.29 is 0 Å². The van der Waals surface area contributed by atoms with E-state index in [4.69, 9.17) is 11.6 Å². The minimum Gasteiger partial charge on any atom is -0.192 e. The number of rotatable bonds is 2. The molecule has 96 valence electrons. The third-order valence-corrected chi connectivity index (χ3v) is 4.26. The number of allylic oxidation sites excluding steroid dienone is 1. The lowest BCUT2D eigenvalue weighted by Gasteiger charge is -2.11. The van der Waals surface area contributed by atoms with Gasteiger partial charge in [0.1, 0.15) is 6.07 Å². The van der Waals surface area contributed by atoms with E-state index in [9.17, 15) is 5.26 Å². The third-order valence-electron chi connectivity index (χ3n) is 3.00. The smallest absolute Gasteiger partial charge is 0.102 e. The summed E-state index contributed by atoms with van der Waals surface area (Å²) in [6, 6.07) is 10.3. The maximum atomic E-state index is 9.38. The second-order valence-corrected chi connectivity index (χ2v) is 5.88. The molecule has 0 aliphatic rings. The van der Waals surface area contributed by atoms with Crippen molar-refractivity contribution in [2.75, 3.05) is 0 Å². The number of thiophene rings is 1. The zero-order valence-corrected chi connectivity index (χ0v) is 12.7. The molecule has 0 fully saturated rings. The van der Waals surface area contributed by atoms with Crippen molar-refractivity contribution in [1.29, 1.82) is 5.26 Å². The first-order valence-electron chi connectivity index (χ1n) is 5.96. The van der Waals surface area contributed by atoms with Gasteiger partial charge in [0.15, 0.2) is 0 Å². The Bertz CT molecular complexity index is 652. The molecule has 19 heavy (non-hydrogen) atoms. The standard InChI is InChI=1S/C16H14ClNS/c1-10-7-11(2)15(12(3)8-10)16(17)13(9-18)14-5-4-6-19-14/h4-8H,1-3H3/b16-13-. The highest BCUT2D eigenvalue weighted by Gasteiger charge is 2.14. The van der Waals surface area contributed by atoms with Crippen LogP contribution in [0.15, 0.2) is 29.6 Å². The molecule has 0 bridgehead atoms. The van der Waals surface area contributed by atoms with Crippen LogP contribution in [-0.2, 0) is 0 Å². The average molecular weight is 288 g/mol. The number of halogens is 1. The zero-order chi connectivity index (χ0) is 14.0. The summed E-state index contributed by atoms with van der Waals surface area (Å²) in [5.74, 6) is 0. The minimum absolute atomic E-state index is 0.542. The highest BCUT2D eigenvalue weighted by Crippen LogP contribution is 2.35. The first-order valence-corrected chi connectivity index (χ1v) is 7.22. The lowest BCUT2D eigenvalue weighted by atomic mass is 9.97. The van der Waals surface area contributed by atoms with Gasteiger partial charge in [-0.1, -0.05) is 35.4 Å². The lowest BCUT2D eigenvalue weighted by Crippen LogP contribution is -1.93. The molecular weight excluding hydrogens is 274 g/mol. The monoisotopic (exact) mass is 287 g/mol. The van der Waals surface area contributed by atoms with E-state index in [0.717, 1.165) is 21.6 Å². The molecule has 0 unspecified atom stereocenters. The summed E-state index contributed by atoms with van der Waals surface area (Å²) in [6.07, 6.45) is 0. The molecule has 3 heteroatoms. The molecule has 0 N–H and O–H groups in total. The van der Waals surface area contributed by atoms with Crippen LogP contribution >= 0.6 is 22.9 Å². The number of hydrogen-bond donors (Lipinski definition) is 0. The van der Waals surface area contributed by atoms with Gasteiger partial charge in [-0.2, -0.15) is 5.26 Å². The number of aryl methyl sites for hydroxylation is 3. The van der Waals surface area contributed by atoms with Gasteiger partial charge in [-0.25, -0.2) is 0 Å². The highest BCUT2D eigenvalue weighted by atomic mass is 35.5. The molecule has 1 nitrogen and oxygen atoms in total. The first kappa shape index (κ1) is 13.9. The third kappa shape index (κ3) is 2.73. The van der Waals surface area contributed by atoms with Crippen LogP contribution in [0.3, 0.4) is 0 Å². The number of nitrogens with zero attached hydrogens (tertiary/aromatic N) is 1. The summed E-state index contributed by atoms with van der Waals surface area (Å²) in [5.41, 5.74) is 4.93. The van der Waals surface area contributed by atoms with E-state index < -0.39 is 0 Å². The molecule has 0 aliphatic heterocycles. The predicted molar refractivity (Wildman–Crippen MR) is 83.3 cm³/mol. The van der Waals surface area contributed by atoms with Gasteiger partial charge < -0.3 is 0 Å². The maximum Gasteiger partial charge on any atom is 0.102 e. The molecule has 0 saturated heterocycles. The second kappa shape index (κ2) is 5.61. The van der Waals surface area contributed by atoms with Crippen LogP contribution in [0.25, 0.3) is 10.6 Å². The molecule has 0 saturated carbocycles. The molecule has 2 aromatic rings. The van der Waals surface area contributed by atoms with Gasteiger partial charge in [0.25, 0.3) is 0 Å². The summed E-state index contributed by atoms with van der Waals surface area (Å²) < 4.78 is 0. The van der Waals surface area contributed by atoms with E-state index in [1.165, 1.54) is 16.9 Å². The quantitative estimate of drug-likeness (QED) is 0.687. The van der Waals surface area contributed by atoms with E-state index >= 15 is 0 Å². The van der Waals surface area contributed by atoms with Crippen LogP contribution < -0.4 is 0 Å². The molecular formula is C16H14ClNS. The maximum absolute atomic E-state index is 9.38. The van der Waals surface area contributed by atoms with Crippen molar-refractivity contribution >= 4 is 33.5 Å². The van der Waals surface area contributed by atoms with E-state index in [2.05, 4.69) is 25.1 Å². The van der Waals surface area contributed by atoms with E-state index in [1.807, 2.05) is 31.4 Å². The van der Waals surface area contributed by atoms with Crippen LogP contribution in [0, 0.1) is 32.1 Å². The fourth-order valence-corrected chi connectivity index (χ4v) is 3.51. The summed E-state index contributed by atoms with van der Waals surface area (Å²) >= 11 is 8.02. The number of hydrogen-bond acceptors (Lipinski definition) is 2.